The number of rotatable bonds is 9. The van der Waals surface area contributed by atoms with Crippen LogP contribution in [0.5, 0.6) is 0 Å². The van der Waals surface area contributed by atoms with E-state index in [-0.39, 0.29) is 0 Å². The van der Waals surface area contributed by atoms with Gasteiger partial charge < -0.3 is 15.1 Å². The molecular formula is C12H28N2O2. The lowest BCUT2D eigenvalue weighted by molar-refractivity contribution is -0.106. The SMILES string of the molecule is CCC(O)N(CCN(CC)CC)C(O)CC. The van der Waals surface area contributed by atoms with Crippen LogP contribution >= 0.6 is 0 Å². The number of hydrogen-bond donors (Lipinski definition) is 2. The largest absolute Gasteiger partial charge is 0.378 e. The highest BCUT2D eigenvalue weighted by Gasteiger charge is 2.20. The molecule has 0 saturated heterocycles. The Morgan fingerprint density at radius 2 is 1.25 bits per heavy atom. The van der Waals surface area contributed by atoms with Crippen LogP contribution in [-0.2, 0) is 0 Å². The van der Waals surface area contributed by atoms with Crippen molar-refractivity contribution in [3.63, 3.8) is 0 Å². The Bertz CT molecular complexity index is 153. The molecule has 0 rings (SSSR count). The van der Waals surface area contributed by atoms with Crippen LogP contribution in [0, 0.1) is 0 Å². The Balaban J connectivity index is 4.20. The summed E-state index contributed by atoms with van der Waals surface area (Å²) in [7, 11) is 0. The van der Waals surface area contributed by atoms with Gasteiger partial charge in [-0.2, -0.15) is 0 Å². The first-order chi connectivity index (χ1) is 7.60. The number of aliphatic hydroxyl groups excluding tert-OH is 2. The number of likely N-dealkylation sites (N-methyl/N-ethyl adjacent to an activating group) is 1. The average Bonchev–Trinajstić information content (AvgIpc) is 2.33. The zero-order valence-electron chi connectivity index (χ0n) is 11.2. The molecule has 2 atom stereocenters. The number of nitrogens with zero attached hydrogens (tertiary/aromatic N) is 2. The first kappa shape index (κ1) is 15.8. The van der Waals surface area contributed by atoms with Crippen molar-refractivity contribution in [2.45, 2.75) is 53.0 Å². The topological polar surface area (TPSA) is 46.9 Å². The lowest BCUT2D eigenvalue weighted by Gasteiger charge is -2.33. The minimum Gasteiger partial charge on any atom is -0.378 e. The summed E-state index contributed by atoms with van der Waals surface area (Å²) in [6, 6.07) is 0. The van der Waals surface area contributed by atoms with Gasteiger partial charge in [0.15, 0.2) is 0 Å². The van der Waals surface area contributed by atoms with Crippen molar-refractivity contribution in [2.75, 3.05) is 26.2 Å². The van der Waals surface area contributed by atoms with Gasteiger partial charge in [0.2, 0.25) is 0 Å². The van der Waals surface area contributed by atoms with Gasteiger partial charge in [-0.1, -0.05) is 27.7 Å². The van der Waals surface area contributed by atoms with E-state index in [2.05, 4.69) is 18.7 Å². The minimum atomic E-state index is -0.537. The molecule has 0 aromatic heterocycles. The van der Waals surface area contributed by atoms with E-state index in [0.29, 0.717) is 19.4 Å². The van der Waals surface area contributed by atoms with Crippen LogP contribution in [0.3, 0.4) is 0 Å². The molecule has 0 amide bonds. The smallest absolute Gasteiger partial charge is 0.109 e. The van der Waals surface area contributed by atoms with Gasteiger partial charge in [-0.3, -0.25) is 4.90 Å². The van der Waals surface area contributed by atoms with Crippen LogP contribution in [0.4, 0.5) is 0 Å². The second kappa shape index (κ2) is 8.93. The maximum atomic E-state index is 9.82. The summed E-state index contributed by atoms with van der Waals surface area (Å²) in [6.07, 6.45) is 0.223. The summed E-state index contributed by atoms with van der Waals surface area (Å²) in [6.45, 7) is 11.7. The van der Waals surface area contributed by atoms with E-state index in [4.69, 9.17) is 0 Å². The predicted molar refractivity (Wildman–Crippen MR) is 67.1 cm³/mol. The summed E-state index contributed by atoms with van der Waals surface area (Å²) >= 11 is 0. The molecule has 4 heteroatoms. The van der Waals surface area contributed by atoms with Crippen LogP contribution in [0.1, 0.15) is 40.5 Å². The minimum absolute atomic E-state index is 0.537. The van der Waals surface area contributed by atoms with Gasteiger partial charge in [0.05, 0.1) is 0 Å². The second-order valence-corrected chi connectivity index (χ2v) is 4.04. The van der Waals surface area contributed by atoms with Gasteiger partial charge >= 0.3 is 0 Å². The van der Waals surface area contributed by atoms with E-state index in [9.17, 15) is 10.2 Å². The molecule has 0 aliphatic heterocycles. The molecule has 0 aliphatic rings. The van der Waals surface area contributed by atoms with Crippen LogP contribution < -0.4 is 0 Å². The Morgan fingerprint density at radius 3 is 1.56 bits per heavy atom. The van der Waals surface area contributed by atoms with Crippen LogP contribution in [0.25, 0.3) is 0 Å². The zero-order chi connectivity index (χ0) is 12.6. The summed E-state index contributed by atoms with van der Waals surface area (Å²) in [5.41, 5.74) is 0. The molecule has 0 aromatic carbocycles. The summed E-state index contributed by atoms with van der Waals surface area (Å²) in [4.78, 5) is 4.07. The normalized spacial score (nSPS) is 15.8. The Hall–Kier alpha value is -0.160. The second-order valence-electron chi connectivity index (χ2n) is 4.04. The van der Waals surface area contributed by atoms with Crippen molar-refractivity contribution >= 4 is 0 Å². The molecule has 0 fully saturated rings. The third-order valence-corrected chi connectivity index (χ3v) is 3.06. The fraction of sp³-hybridized carbons (Fsp3) is 1.00. The Morgan fingerprint density at radius 1 is 0.812 bits per heavy atom. The molecule has 0 aromatic rings. The van der Waals surface area contributed by atoms with Crippen molar-refractivity contribution < 1.29 is 10.2 Å². The number of aliphatic hydroxyl groups is 2. The monoisotopic (exact) mass is 232 g/mol. The lowest BCUT2D eigenvalue weighted by atomic mass is 10.3. The molecule has 4 nitrogen and oxygen atoms in total. The summed E-state index contributed by atoms with van der Waals surface area (Å²) < 4.78 is 0. The Kier molecular flexibility index (Phi) is 8.84. The van der Waals surface area contributed by atoms with Gasteiger partial charge in [-0.15, -0.1) is 0 Å². The predicted octanol–water partition coefficient (Wildman–Crippen LogP) is 1.09. The van der Waals surface area contributed by atoms with Crippen LogP contribution in [0.2, 0.25) is 0 Å². The van der Waals surface area contributed by atoms with Gasteiger partial charge in [0.1, 0.15) is 12.5 Å². The standard InChI is InChI=1S/C12H28N2O2/c1-5-11(15)14(12(16)6-2)10-9-13(7-3)8-4/h11-12,15-16H,5-10H2,1-4H3. The first-order valence-corrected chi connectivity index (χ1v) is 6.44. The summed E-state index contributed by atoms with van der Waals surface area (Å²) in [5, 5.41) is 19.6. The van der Waals surface area contributed by atoms with Crippen molar-refractivity contribution in [3.8, 4) is 0 Å². The number of hydrogen-bond acceptors (Lipinski definition) is 4. The van der Waals surface area contributed by atoms with E-state index in [0.717, 1.165) is 19.6 Å². The third kappa shape index (κ3) is 5.25. The van der Waals surface area contributed by atoms with Gasteiger partial charge in [-0.05, 0) is 25.9 Å². The maximum Gasteiger partial charge on any atom is 0.109 e. The highest BCUT2D eigenvalue weighted by Crippen LogP contribution is 2.08. The van der Waals surface area contributed by atoms with E-state index in [1.807, 2.05) is 13.8 Å². The van der Waals surface area contributed by atoms with Gasteiger partial charge in [0.25, 0.3) is 0 Å². The molecule has 0 radical (unpaired) electrons. The van der Waals surface area contributed by atoms with E-state index >= 15 is 0 Å². The molecule has 98 valence electrons. The van der Waals surface area contributed by atoms with Crippen molar-refractivity contribution in [1.82, 2.24) is 9.80 Å². The molecule has 2 N–H and O–H groups in total. The lowest BCUT2D eigenvalue weighted by Crippen LogP contribution is -2.46. The summed E-state index contributed by atoms with van der Waals surface area (Å²) in [5.74, 6) is 0. The molecule has 0 spiro atoms. The maximum absolute atomic E-state index is 9.82. The van der Waals surface area contributed by atoms with Crippen molar-refractivity contribution in [1.29, 1.82) is 0 Å². The Labute approximate surface area is 99.9 Å². The molecule has 2 unspecified atom stereocenters. The molecule has 0 saturated carbocycles. The third-order valence-electron chi connectivity index (χ3n) is 3.06. The highest BCUT2D eigenvalue weighted by atomic mass is 16.3. The van der Waals surface area contributed by atoms with Crippen LogP contribution in [-0.4, -0.2) is 58.6 Å². The van der Waals surface area contributed by atoms with Gasteiger partial charge in [0, 0.05) is 13.1 Å². The molecule has 0 heterocycles. The fourth-order valence-corrected chi connectivity index (χ4v) is 1.76. The molecule has 16 heavy (non-hydrogen) atoms. The van der Waals surface area contributed by atoms with Crippen LogP contribution in [0.15, 0.2) is 0 Å². The molecule has 0 aliphatic carbocycles. The molecule has 0 bridgehead atoms. The van der Waals surface area contributed by atoms with Gasteiger partial charge in [-0.25, -0.2) is 0 Å². The quantitative estimate of drug-likeness (QED) is 0.584. The average molecular weight is 232 g/mol. The van der Waals surface area contributed by atoms with E-state index < -0.39 is 12.5 Å². The molecular weight excluding hydrogens is 204 g/mol. The zero-order valence-corrected chi connectivity index (χ0v) is 11.2. The highest BCUT2D eigenvalue weighted by molar-refractivity contribution is 4.66. The fourth-order valence-electron chi connectivity index (χ4n) is 1.76. The van der Waals surface area contributed by atoms with E-state index in [1.54, 1.807) is 4.90 Å². The van der Waals surface area contributed by atoms with Crippen molar-refractivity contribution in [2.24, 2.45) is 0 Å². The van der Waals surface area contributed by atoms with E-state index in [1.165, 1.54) is 0 Å². The first-order valence-electron chi connectivity index (χ1n) is 6.44. The van der Waals surface area contributed by atoms with Crippen molar-refractivity contribution in [3.05, 3.63) is 0 Å².